The number of hydrogen-bond donors (Lipinski definition) is 1. The number of aromatic nitrogens is 2. The summed E-state index contributed by atoms with van der Waals surface area (Å²) in [5, 5.41) is 5.11. The van der Waals surface area contributed by atoms with Gasteiger partial charge in [-0.3, -0.25) is 14.1 Å². The van der Waals surface area contributed by atoms with Crippen LogP contribution < -0.4 is 10.1 Å². The standard InChI is InChI=1S/C19H22N4O2S/c1-25-16-6-2-4-14(10-16)11-22-7-3-5-15(12-22)20-18(24)17-13-23-8-9-26-19(23)21-17/h2,4,6,8-10,13,15H,3,5,7,11-12H2,1H3,(H,20,24)/t15-/m1/s1. The third kappa shape index (κ3) is 3.73. The first-order valence-electron chi connectivity index (χ1n) is 8.79. The molecule has 0 bridgehead atoms. The smallest absolute Gasteiger partial charge is 0.271 e. The number of nitrogens with one attached hydrogen (secondary N) is 1. The molecule has 1 fully saturated rings. The number of hydrogen-bond acceptors (Lipinski definition) is 5. The number of imidazole rings is 1. The zero-order chi connectivity index (χ0) is 17.9. The minimum absolute atomic E-state index is 0.0888. The van der Waals surface area contributed by atoms with E-state index in [9.17, 15) is 4.79 Å². The Labute approximate surface area is 156 Å². The second-order valence-electron chi connectivity index (χ2n) is 6.62. The maximum atomic E-state index is 12.5. The van der Waals surface area contributed by atoms with Crippen LogP contribution in [0.1, 0.15) is 28.9 Å². The van der Waals surface area contributed by atoms with Crippen molar-refractivity contribution in [1.29, 1.82) is 0 Å². The molecule has 1 amide bonds. The Balaban J connectivity index is 1.37. The predicted molar refractivity (Wildman–Crippen MR) is 102 cm³/mol. The van der Waals surface area contributed by atoms with E-state index in [1.807, 2.05) is 28.1 Å². The summed E-state index contributed by atoms with van der Waals surface area (Å²) in [4.78, 5) is 20.1. The molecule has 0 radical (unpaired) electrons. The summed E-state index contributed by atoms with van der Waals surface area (Å²) >= 11 is 1.53. The van der Waals surface area contributed by atoms with Gasteiger partial charge in [-0.15, -0.1) is 11.3 Å². The zero-order valence-corrected chi connectivity index (χ0v) is 15.5. The van der Waals surface area contributed by atoms with Gasteiger partial charge in [0.2, 0.25) is 0 Å². The molecule has 136 valence electrons. The molecule has 0 aliphatic carbocycles. The van der Waals surface area contributed by atoms with E-state index in [-0.39, 0.29) is 11.9 Å². The number of benzene rings is 1. The van der Waals surface area contributed by atoms with Crippen LogP contribution in [0.15, 0.2) is 42.0 Å². The number of likely N-dealkylation sites (tertiary alicyclic amines) is 1. The summed E-state index contributed by atoms with van der Waals surface area (Å²) in [5.74, 6) is 0.790. The minimum atomic E-state index is -0.0888. The predicted octanol–water partition coefficient (Wildman–Crippen LogP) is 2.80. The number of thiazole rings is 1. The fraction of sp³-hybridized carbons (Fsp3) is 0.368. The third-order valence-corrected chi connectivity index (χ3v) is 5.48. The van der Waals surface area contributed by atoms with Crippen LogP contribution in [-0.4, -0.2) is 46.4 Å². The molecule has 4 rings (SSSR count). The molecule has 1 atom stereocenters. The quantitative estimate of drug-likeness (QED) is 0.750. The lowest BCUT2D eigenvalue weighted by Gasteiger charge is -2.33. The van der Waals surface area contributed by atoms with Gasteiger partial charge in [-0.2, -0.15) is 0 Å². The Bertz CT molecular complexity index is 875. The third-order valence-electron chi connectivity index (χ3n) is 4.71. The Morgan fingerprint density at radius 3 is 3.23 bits per heavy atom. The summed E-state index contributed by atoms with van der Waals surface area (Å²) < 4.78 is 7.19. The van der Waals surface area contributed by atoms with Gasteiger partial charge in [0.15, 0.2) is 4.96 Å². The summed E-state index contributed by atoms with van der Waals surface area (Å²) in [6.45, 7) is 2.76. The van der Waals surface area contributed by atoms with Crippen LogP contribution in [0.2, 0.25) is 0 Å². The highest BCUT2D eigenvalue weighted by Gasteiger charge is 2.23. The van der Waals surface area contributed by atoms with Crippen LogP contribution in [0.5, 0.6) is 5.75 Å². The molecule has 0 saturated carbocycles. The van der Waals surface area contributed by atoms with E-state index in [0.29, 0.717) is 5.69 Å². The van der Waals surface area contributed by atoms with Crippen molar-refractivity contribution in [3.63, 3.8) is 0 Å². The molecule has 3 heterocycles. The van der Waals surface area contributed by atoms with E-state index in [0.717, 1.165) is 43.2 Å². The SMILES string of the molecule is COc1cccc(CN2CCC[C@@H](NC(=O)c3cn4ccsc4n3)C2)c1. The van der Waals surface area contributed by atoms with Crippen molar-refractivity contribution >= 4 is 22.2 Å². The largest absolute Gasteiger partial charge is 0.497 e. The Morgan fingerprint density at radius 2 is 2.38 bits per heavy atom. The van der Waals surface area contributed by atoms with Gasteiger partial charge in [0.25, 0.3) is 5.91 Å². The van der Waals surface area contributed by atoms with Crippen LogP contribution in [0, 0.1) is 0 Å². The summed E-state index contributed by atoms with van der Waals surface area (Å²) in [7, 11) is 1.69. The Hall–Kier alpha value is -2.38. The highest BCUT2D eigenvalue weighted by molar-refractivity contribution is 7.15. The first kappa shape index (κ1) is 17.1. The number of methoxy groups -OCH3 is 1. The molecule has 0 unspecified atom stereocenters. The molecule has 1 aliphatic heterocycles. The molecule has 1 saturated heterocycles. The van der Waals surface area contributed by atoms with E-state index in [1.165, 1.54) is 16.9 Å². The average molecular weight is 370 g/mol. The van der Waals surface area contributed by atoms with Crippen LogP contribution >= 0.6 is 11.3 Å². The van der Waals surface area contributed by atoms with Crippen molar-refractivity contribution < 1.29 is 9.53 Å². The van der Waals surface area contributed by atoms with Crippen molar-refractivity contribution in [2.24, 2.45) is 0 Å². The number of fused-ring (bicyclic) bond motifs is 1. The van der Waals surface area contributed by atoms with Crippen molar-refractivity contribution in [2.75, 3.05) is 20.2 Å². The van der Waals surface area contributed by atoms with Crippen molar-refractivity contribution in [1.82, 2.24) is 19.6 Å². The van der Waals surface area contributed by atoms with E-state index in [1.54, 1.807) is 13.3 Å². The van der Waals surface area contributed by atoms with E-state index in [2.05, 4.69) is 27.3 Å². The minimum Gasteiger partial charge on any atom is -0.497 e. The zero-order valence-electron chi connectivity index (χ0n) is 14.7. The average Bonchev–Trinajstić information content (AvgIpc) is 3.24. The highest BCUT2D eigenvalue weighted by Crippen LogP contribution is 2.18. The lowest BCUT2D eigenvalue weighted by Crippen LogP contribution is -2.47. The van der Waals surface area contributed by atoms with Gasteiger partial charge in [0.05, 0.1) is 7.11 Å². The van der Waals surface area contributed by atoms with Crippen molar-refractivity contribution in [3.05, 3.63) is 53.3 Å². The normalized spacial score (nSPS) is 18.1. The van der Waals surface area contributed by atoms with Gasteiger partial charge in [-0.1, -0.05) is 12.1 Å². The van der Waals surface area contributed by atoms with Crippen LogP contribution in [-0.2, 0) is 6.54 Å². The number of amides is 1. The first-order valence-corrected chi connectivity index (χ1v) is 9.67. The molecule has 2 aromatic heterocycles. The van der Waals surface area contributed by atoms with Gasteiger partial charge < -0.3 is 10.1 Å². The number of piperidine rings is 1. The van der Waals surface area contributed by atoms with Crippen molar-refractivity contribution in [3.8, 4) is 5.75 Å². The lowest BCUT2D eigenvalue weighted by molar-refractivity contribution is 0.0896. The number of rotatable bonds is 5. The topological polar surface area (TPSA) is 58.9 Å². The summed E-state index contributed by atoms with van der Waals surface area (Å²) in [6, 6.07) is 8.31. The van der Waals surface area contributed by atoms with Crippen molar-refractivity contribution in [2.45, 2.75) is 25.4 Å². The molecule has 6 nitrogen and oxygen atoms in total. The fourth-order valence-corrected chi connectivity index (χ4v) is 4.14. The number of carbonyl (C=O) groups excluding carboxylic acids is 1. The number of ether oxygens (including phenoxy) is 1. The van der Waals surface area contributed by atoms with Crippen LogP contribution in [0.3, 0.4) is 0 Å². The maximum Gasteiger partial charge on any atom is 0.271 e. The van der Waals surface area contributed by atoms with Gasteiger partial charge in [-0.05, 0) is 37.1 Å². The molecular weight excluding hydrogens is 348 g/mol. The number of carbonyl (C=O) groups is 1. The second-order valence-corrected chi connectivity index (χ2v) is 7.49. The second kappa shape index (κ2) is 7.47. The fourth-order valence-electron chi connectivity index (χ4n) is 3.44. The van der Waals surface area contributed by atoms with Crippen LogP contribution in [0.4, 0.5) is 0 Å². The van der Waals surface area contributed by atoms with Crippen LogP contribution in [0.25, 0.3) is 4.96 Å². The molecular formula is C19H22N4O2S. The Kier molecular flexibility index (Phi) is 4.90. The van der Waals surface area contributed by atoms with Gasteiger partial charge in [0.1, 0.15) is 11.4 Å². The van der Waals surface area contributed by atoms with E-state index in [4.69, 9.17) is 4.74 Å². The first-order chi connectivity index (χ1) is 12.7. The Morgan fingerprint density at radius 1 is 1.46 bits per heavy atom. The summed E-state index contributed by atoms with van der Waals surface area (Å²) in [6.07, 6.45) is 5.79. The van der Waals surface area contributed by atoms with Gasteiger partial charge in [0, 0.05) is 36.9 Å². The number of nitrogens with zero attached hydrogens (tertiary/aromatic N) is 3. The molecule has 0 spiro atoms. The van der Waals surface area contributed by atoms with E-state index >= 15 is 0 Å². The molecule has 26 heavy (non-hydrogen) atoms. The van der Waals surface area contributed by atoms with Gasteiger partial charge in [-0.25, -0.2) is 4.98 Å². The molecule has 1 N–H and O–H groups in total. The molecule has 1 aromatic carbocycles. The molecule has 7 heteroatoms. The molecule has 1 aliphatic rings. The highest BCUT2D eigenvalue weighted by atomic mass is 32.1. The lowest BCUT2D eigenvalue weighted by atomic mass is 10.0. The van der Waals surface area contributed by atoms with E-state index < -0.39 is 0 Å². The maximum absolute atomic E-state index is 12.5. The monoisotopic (exact) mass is 370 g/mol. The summed E-state index contributed by atoms with van der Waals surface area (Å²) in [5.41, 5.74) is 1.72. The molecule has 3 aromatic rings. The van der Waals surface area contributed by atoms with Gasteiger partial charge >= 0.3 is 0 Å².